The number of likely N-dealkylation sites (tertiary alicyclic amines) is 1. The van der Waals surface area contributed by atoms with Crippen molar-refractivity contribution in [2.45, 2.75) is 44.6 Å². The monoisotopic (exact) mass is 284 g/mol. The number of carboxylic acids is 1. The number of carbonyl (C=O) groups is 2. The minimum Gasteiger partial charge on any atom is -0.481 e. The molecule has 6 nitrogen and oxygen atoms in total. The summed E-state index contributed by atoms with van der Waals surface area (Å²) in [7, 11) is 0. The number of amides is 2. The molecule has 20 heavy (non-hydrogen) atoms. The van der Waals surface area contributed by atoms with E-state index < -0.39 is 5.97 Å². The van der Waals surface area contributed by atoms with Crippen molar-refractivity contribution in [1.82, 2.24) is 10.2 Å². The minimum atomic E-state index is -0.835. The van der Waals surface area contributed by atoms with Gasteiger partial charge in [0.25, 0.3) is 0 Å². The summed E-state index contributed by atoms with van der Waals surface area (Å²) in [6.07, 6.45) is 4.80. The van der Waals surface area contributed by atoms with E-state index in [1.807, 2.05) is 0 Å². The fraction of sp³-hybridized carbons (Fsp3) is 0.857. The standard InChI is InChI=1S/C14H24N2O4/c17-13(18)9-12-3-1-2-7-16(12)14(19)15-6-4-11-5-8-20-10-11/h11-12H,1-10H2,(H,15,19)(H,17,18). The molecule has 0 spiro atoms. The Morgan fingerprint density at radius 1 is 1.30 bits per heavy atom. The van der Waals surface area contributed by atoms with Gasteiger partial charge in [-0.25, -0.2) is 4.79 Å². The van der Waals surface area contributed by atoms with Gasteiger partial charge in [0.15, 0.2) is 0 Å². The summed E-state index contributed by atoms with van der Waals surface area (Å²) in [5.74, 6) is -0.288. The molecule has 2 unspecified atom stereocenters. The summed E-state index contributed by atoms with van der Waals surface area (Å²) in [6, 6.07) is -0.272. The first-order valence-corrected chi connectivity index (χ1v) is 7.51. The molecule has 0 aliphatic carbocycles. The second-order valence-corrected chi connectivity index (χ2v) is 5.69. The zero-order valence-corrected chi connectivity index (χ0v) is 11.8. The van der Waals surface area contributed by atoms with Crippen LogP contribution < -0.4 is 5.32 Å². The summed E-state index contributed by atoms with van der Waals surface area (Å²) >= 11 is 0. The summed E-state index contributed by atoms with van der Waals surface area (Å²) in [6.45, 7) is 2.92. The lowest BCUT2D eigenvalue weighted by atomic mass is 10.00. The Balaban J connectivity index is 1.74. The second kappa shape index (κ2) is 7.47. The van der Waals surface area contributed by atoms with Crippen LogP contribution in [0.3, 0.4) is 0 Å². The number of ether oxygens (including phenoxy) is 1. The topological polar surface area (TPSA) is 78.9 Å². The van der Waals surface area contributed by atoms with Crippen molar-refractivity contribution in [2.24, 2.45) is 5.92 Å². The molecule has 0 aromatic carbocycles. The summed E-state index contributed by atoms with van der Waals surface area (Å²) in [4.78, 5) is 24.7. The number of rotatable bonds is 5. The lowest BCUT2D eigenvalue weighted by Gasteiger charge is -2.35. The van der Waals surface area contributed by atoms with Gasteiger partial charge in [-0.1, -0.05) is 0 Å². The van der Waals surface area contributed by atoms with E-state index in [9.17, 15) is 9.59 Å². The largest absolute Gasteiger partial charge is 0.481 e. The first kappa shape index (κ1) is 15.1. The average molecular weight is 284 g/mol. The van der Waals surface area contributed by atoms with Crippen LogP contribution in [-0.4, -0.2) is 54.4 Å². The molecular formula is C14H24N2O4. The van der Waals surface area contributed by atoms with Gasteiger partial charge in [0.1, 0.15) is 0 Å². The Bertz CT molecular complexity index is 342. The number of piperidine rings is 1. The zero-order chi connectivity index (χ0) is 14.4. The first-order chi connectivity index (χ1) is 9.66. The molecule has 0 aromatic heterocycles. The van der Waals surface area contributed by atoms with Gasteiger partial charge >= 0.3 is 12.0 Å². The highest BCUT2D eigenvalue weighted by molar-refractivity contribution is 5.76. The van der Waals surface area contributed by atoms with Crippen LogP contribution in [0.15, 0.2) is 0 Å². The fourth-order valence-electron chi connectivity index (χ4n) is 2.98. The number of nitrogens with zero attached hydrogens (tertiary/aromatic N) is 1. The summed E-state index contributed by atoms with van der Waals surface area (Å²) < 4.78 is 5.30. The molecule has 2 amide bonds. The van der Waals surface area contributed by atoms with E-state index in [2.05, 4.69) is 5.32 Å². The normalized spacial score (nSPS) is 26.5. The molecule has 0 radical (unpaired) electrons. The number of urea groups is 1. The van der Waals surface area contributed by atoms with Gasteiger partial charge < -0.3 is 20.1 Å². The van der Waals surface area contributed by atoms with Crippen LogP contribution in [0.5, 0.6) is 0 Å². The van der Waals surface area contributed by atoms with Crippen LogP contribution in [0.1, 0.15) is 38.5 Å². The molecule has 2 fully saturated rings. The fourth-order valence-corrected chi connectivity index (χ4v) is 2.98. The molecule has 2 saturated heterocycles. The third-order valence-electron chi connectivity index (χ3n) is 4.15. The van der Waals surface area contributed by atoms with Gasteiger partial charge in [-0.15, -0.1) is 0 Å². The Morgan fingerprint density at radius 2 is 2.15 bits per heavy atom. The predicted octanol–water partition coefficient (Wildman–Crippen LogP) is 1.45. The SMILES string of the molecule is O=C(O)CC1CCCCN1C(=O)NCCC1CCOC1. The number of hydrogen-bond donors (Lipinski definition) is 2. The number of nitrogens with one attached hydrogen (secondary N) is 1. The van der Waals surface area contributed by atoms with Crippen molar-refractivity contribution in [3.8, 4) is 0 Å². The maximum atomic E-state index is 12.2. The molecule has 2 rings (SSSR count). The van der Waals surface area contributed by atoms with Crippen molar-refractivity contribution in [3.63, 3.8) is 0 Å². The molecule has 2 atom stereocenters. The summed E-state index contributed by atoms with van der Waals surface area (Å²) in [5, 5.41) is 11.8. The second-order valence-electron chi connectivity index (χ2n) is 5.69. The van der Waals surface area contributed by atoms with E-state index >= 15 is 0 Å². The Kier molecular flexibility index (Phi) is 5.64. The van der Waals surface area contributed by atoms with Crippen LogP contribution in [-0.2, 0) is 9.53 Å². The lowest BCUT2D eigenvalue weighted by molar-refractivity contribution is -0.138. The maximum Gasteiger partial charge on any atom is 0.317 e. The van der Waals surface area contributed by atoms with E-state index in [-0.39, 0.29) is 18.5 Å². The molecule has 2 aliphatic rings. The van der Waals surface area contributed by atoms with Crippen molar-refractivity contribution in [2.75, 3.05) is 26.3 Å². The summed E-state index contributed by atoms with van der Waals surface area (Å²) in [5.41, 5.74) is 0. The van der Waals surface area contributed by atoms with Gasteiger partial charge in [-0.3, -0.25) is 4.79 Å². The van der Waals surface area contributed by atoms with E-state index in [4.69, 9.17) is 9.84 Å². The van der Waals surface area contributed by atoms with E-state index in [0.717, 1.165) is 45.3 Å². The smallest absolute Gasteiger partial charge is 0.317 e. The van der Waals surface area contributed by atoms with Crippen molar-refractivity contribution >= 4 is 12.0 Å². The maximum absolute atomic E-state index is 12.2. The van der Waals surface area contributed by atoms with Crippen molar-refractivity contribution in [3.05, 3.63) is 0 Å². The Hall–Kier alpha value is -1.30. The molecule has 0 aromatic rings. The van der Waals surface area contributed by atoms with Gasteiger partial charge in [0.05, 0.1) is 6.42 Å². The van der Waals surface area contributed by atoms with Crippen LogP contribution in [0, 0.1) is 5.92 Å². The van der Waals surface area contributed by atoms with Crippen molar-refractivity contribution < 1.29 is 19.4 Å². The number of aliphatic carboxylic acids is 1. The first-order valence-electron chi connectivity index (χ1n) is 7.51. The highest BCUT2D eigenvalue weighted by atomic mass is 16.5. The van der Waals surface area contributed by atoms with E-state index in [0.29, 0.717) is 19.0 Å². The number of carbonyl (C=O) groups excluding carboxylic acids is 1. The Morgan fingerprint density at radius 3 is 2.85 bits per heavy atom. The molecule has 0 bridgehead atoms. The van der Waals surface area contributed by atoms with Gasteiger partial charge in [0.2, 0.25) is 0 Å². The highest BCUT2D eigenvalue weighted by Crippen LogP contribution is 2.20. The molecule has 2 N–H and O–H groups in total. The van der Waals surface area contributed by atoms with E-state index in [1.165, 1.54) is 0 Å². The van der Waals surface area contributed by atoms with Crippen LogP contribution in [0.25, 0.3) is 0 Å². The molecule has 2 heterocycles. The third-order valence-corrected chi connectivity index (χ3v) is 4.15. The number of carboxylic acid groups (broad SMARTS) is 1. The van der Waals surface area contributed by atoms with E-state index in [1.54, 1.807) is 4.90 Å². The molecule has 6 heteroatoms. The minimum absolute atomic E-state index is 0.0455. The molecule has 0 saturated carbocycles. The Labute approximate surface area is 119 Å². The molecule has 2 aliphatic heterocycles. The van der Waals surface area contributed by atoms with Gasteiger partial charge in [0, 0.05) is 32.3 Å². The van der Waals surface area contributed by atoms with Gasteiger partial charge in [-0.05, 0) is 38.0 Å². The van der Waals surface area contributed by atoms with Gasteiger partial charge in [-0.2, -0.15) is 0 Å². The quantitative estimate of drug-likeness (QED) is 0.801. The van der Waals surface area contributed by atoms with Crippen LogP contribution in [0.4, 0.5) is 4.79 Å². The molecule has 114 valence electrons. The average Bonchev–Trinajstić information content (AvgIpc) is 2.91. The molecular weight excluding hydrogens is 260 g/mol. The predicted molar refractivity (Wildman–Crippen MR) is 73.5 cm³/mol. The highest BCUT2D eigenvalue weighted by Gasteiger charge is 2.28. The van der Waals surface area contributed by atoms with Crippen molar-refractivity contribution in [1.29, 1.82) is 0 Å². The lowest BCUT2D eigenvalue weighted by Crippen LogP contribution is -2.49. The van der Waals surface area contributed by atoms with Crippen LogP contribution >= 0.6 is 0 Å². The number of hydrogen-bond acceptors (Lipinski definition) is 3. The zero-order valence-electron chi connectivity index (χ0n) is 11.8. The third kappa shape index (κ3) is 4.37. The van der Waals surface area contributed by atoms with Crippen LogP contribution in [0.2, 0.25) is 0 Å².